The van der Waals surface area contributed by atoms with Crippen LogP contribution in [0.25, 0.3) is 0 Å². The predicted octanol–water partition coefficient (Wildman–Crippen LogP) is 3.72. The first-order valence-electron chi connectivity index (χ1n) is 5.32. The van der Waals surface area contributed by atoms with Crippen molar-refractivity contribution in [2.24, 2.45) is 4.99 Å². The van der Waals surface area contributed by atoms with Crippen LogP contribution in [0.15, 0.2) is 47.5 Å². The topological polar surface area (TPSA) is 21.6 Å². The molecule has 0 radical (unpaired) electrons. The number of hydrogen-bond donors (Lipinski definition) is 0. The Labute approximate surface area is 104 Å². The molecular formula is C14H11F2NO. The van der Waals surface area contributed by atoms with Gasteiger partial charge >= 0.3 is 0 Å². The van der Waals surface area contributed by atoms with E-state index in [-0.39, 0.29) is 5.56 Å². The molecule has 4 heteroatoms. The zero-order valence-corrected chi connectivity index (χ0v) is 9.73. The van der Waals surface area contributed by atoms with Crippen molar-refractivity contribution in [2.75, 3.05) is 7.11 Å². The first kappa shape index (κ1) is 12.2. The van der Waals surface area contributed by atoms with Gasteiger partial charge in [0.15, 0.2) is 0 Å². The number of rotatable bonds is 3. The van der Waals surface area contributed by atoms with Gasteiger partial charge in [-0.25, -0.2) is 8.78 Å². The minimum absolute atomic E-state index is 0.243. The molecule has 0 spiro atoms. The highest BCUT2D eigenvalue weighted by atomic mass is 19.1. The van der Waals surface area contributed by atoms with Crippen LogP contribution >= 0.6 is 0 Å². The summed E-state index contributed by atoms with van der Waals surface area (Å²) in [5.74, 6) is -0.511. The van der Waals surface area contributed by atoms with E-state index >= 15 is 0 Å². The van der Waals surface area contributed by atoms with Gasteiger partial charge in [0.2, 0.25) is 0 Å². The fraction of sp³-hybridized carbons (Fsp3) is 0.0714. The van der Waals surface area contributed by atoms with Crippen LogP contribution in [0.4, 0.5) is 14.5 Å². The fourth-order valence-electron chi connectivity index (χ4n) is 1.42. The van der Waals surface area contributed by atoms with Gasteiger partial charge in [0.25, 0.3) is 0 Å². The van der Waals surface area contributed by atoms with Crippen LogP contribution < -0.4 is 4.74 Å². The van der Waals surface area contributed by atoms with E-state index < -0.39 is 11.6 Å². The van der Waals surface area contributed by atoms with Crippen LogP contribution in [0.1, 0.15) is 5.56 Å². The Hall–Kier alpha value is -2.23. The lowest BCUT2D eigenvalue weighted by atomic mass is 10.2. The Kier molecular flexibility index (Phi) is 3.67. The number of ether oxygens (including phenoxy) is 1. The summed E-state index contributed by atoms with van der Waals surface area (Å²) >= 11 is 0. The Morgan fingerprint density at radius 1 is 1.06 bits per heavy atom. The Balaban J connectivity index is 2.19. The summed E-state index contributed by atoms with van der Waals surface area (Å²) in [6, 6.07) is 10.4. The summed E-state index contributed by atoms with van der Waals surface area (Å²) in [4.78, 5) is 4.10. The molecule has 0 unspecified atom stereocenters. The van der Waals surface area contributed by atoms with E-state index in [1.54, 1.807) is 31.4 Å². The number of methoxy groups -OCH3 is 1. The molecule has 0 N–H and O–H groups in total. The molecule has 0 atom stereocenters. The second-order valence-corrected chi connectivity index (χ2v) is 3.62. The predicted molar refractivity (Wildman–Crippen MR) is 66.6 cm³/mol. The van der Waals surface area contributed by atoms with Crippen molar-refractivity contribution in [2.45, 2.75) is 0 Å². The smallest absolute Gasteiger partial charge is 0.134 e. The van der Waals surface area contributed by atoms with Gasteiger partial charge in [0, 0.05) is 17.8 Å². The first-order valence-corrected chi connectivity index (χ1v) is 5.32. The number of nitrogens with zero attached hydrogens (tertiary/aromatic N) is 1. The average molecular weight is 247 g/mol. The normalized spacial score (nSPS) is 10.8. The SMILES string of the molecule is COc1ccc(N=Cc2ccc(F)cc2F)cc1. The molecule has 0 saturated carbocycles. The van der Waals surface area contributed by atoms with Gasteiger partial charge in [-0.1, -0.05) is 0 Å². The van der Waals surface area contributed by atoms with Crippen molar-refractivity contribution in [3.63, 3.8) is 0 Å². The third-order valence-corrected chi connectivity index (χ3v) is 2.39. The standard InChI is InChI=1S/C14H11F2NO/c1-18-13-6-4-12(5-7-13)17-9-10-2-3-11(15)8-14(10)16/h2-9H,1H3. The molecule has 0 aliphatic carbocycles. The van der Waals surface area contributed by atoms with Crippen molar-refractivity contribution < 1.29 is 13.5 Å². The largest absolute Gasteiger partial charge is 0.497 e. The third kappa shape index (κ3) is 2.91. The lowest BCUT2D eigenvalue weighted by Crippen LogP contribution is -1.89. The molecule has 18 heavy (non-hydrogen) atoms. The van der Waals surface area contributed by atoms with E-state index in [0.29, 0.717) is 5.69 Å². The summed E-state index contributed by atoms with van der Waals surface area (Å²) in [5.41, 5.74) is 0.909. The summed E-state index contributed by atoms with van der Waals surface area (Å²) < 4.78 is 31.0. The van der Waals surface area contributed by atoms with E-state index in [1.165, 1.54) is 18.3 Å². The van der Waals surface area contributed by atoms with Crippen molar-refractivity contribution in [3.8, 4) is 5.75 Å². The van der Waals surface area contributed by atoms with Crippen LogP contribution in [0.3, 0.4) is 0 Å². The van der Waals surface area contributed by atoms with Crippen molar-refractivity contribution in [1.82, 2.24) is 0 Å². The van der Waals surface area contributed by atoms with Gasteiger partial charge in [-0.05, 0) is 36.4 Å². The fourth-order valence-corrected chi connectivity index (χ4v) is 1.42. The second kappa shape index (κ2) is 5.40. The maximum absolute atomic E-state index is 13.3. The number of halogens is 2. The van der Waals surface area contributed by atoms with Gasteiger partial charge in [0.05, 0.1) is 12.8 Å². The van der Waals surface area contributed by atoms with Gasteiger partial charge in [0.1, 0.15) is 17.4 Å². The molecule has 0 aliphatic heterocycles. The molecule has 0 heterocycles. The van der Waals surface area contributed by atoms with Crippen molar-refractivity contribution >= 4 is 11.9 Å². The molecule has 2 aromatic carbocycles. The summed E-state index contributed by atoms with van der Waals surface area (Å²) in [7, 11) is 1.58. The van der Waals surface area contributed by atoms with E-state index in [2.05, 4.69) is 4.99 Å². The molecule has 2 nitrogen and oxygen atoms in total. The number of hydrogen-bond acceptors (Lipinski definition) is 2. The molecule has 0 aromatic heterocycles. The van der Waals surface area contributed by atoms with E-state index in [4.69, 9.17) is 4.74 Å². The monoisotopic (exact) mass is 247 g/mol. The molecule has 0 bridgehead atoms. The molecule has 2 aromatic rings. The Bertz CT molecular complexity index is 565. The molecule has 0 aliphatic rings. The molecule has 0 fully saturated rings. The summed E-state index contributed by atoms with van der Waals surface area (Å²) in [5, 5.41) is 0. The first-order chi connectivity index (χ1) is 8.69. The summed E-state index contributed by atoms with van der Waals surface area (Å²) in [6.07, 6.45) is 1.36. The summed E-state index contributed by atoms with van der Waals surface area (Å²) in [6.45, 7) is 0. The van der Waals surface area contributed by atoms with Gasteiger partial charge < -0.3 is 4.74 Å². The number of benzene rings is 2. The van der Waals surface area contributed by atoms with E-state index in [0.717, 1.165) is 11.8 Å². The van der Waals surface area contributed by atoms with Crippen molar-refractivity contribution in [1.29, 1.82) is 0 Å². The van der Waals surface area contributed by atoms with Crippen LogP contribution in [-0.4, -0.2) is 13.3 Å². The molecule has 0 amide bonds. The highest BCUT2D eigenvalue weighted by Gasteiger charge is 2.00. The van der Waals surface area contributed by atoms with Crippen LogP contribution in [0, 0.1) is 11.6 Å². The highest BCUT2D eigenvalue weighted by molar-refractivity contribution is 5.82. The minimum Gasteiger partial charge on any atom is -0.497 e. The quantitative estimate of drug-likeness (QED) is 0.757. The van der Waals surface area contributed by atoms with Gasteiger partial charge in [-0.2, -0.15) is 0 Å². The Morgan fingerprint density at radius 3 is 2.39 bits per heavy atom. The Morgan fingerprint density at radius 2 is 1.78 bits per heavy atom. The van der Waals surface area contributed by atoms with Gasteiger partial charge in [-0.15, -0.1) is 0 Å². The van der Waals surface area contributed by atoms with Gasteiger partial charge in [-0.3, -0.25) is 4.99 Å². The highest BCUT2D eigenvalue weighted by Crippen LogP contribution is 2.18. The van der Waals surface area contributed by atoms with Crippen LogP contribution in [0.2, 0.25) is 0 Å². The lowest BCUT2D eigenvalue weighted by molar-refractivity contribution is 0.415. The number of aliphatic imine (C=N–C) groups is 1. The maximum Gasteiger partial charge on any atom is 0.134 e. The second-order valence-electron chi connectivity index (χ2n) is 3.62. The maximum atomic E-state index is 13.3. The van der Waals surface area contributed by atoms with Crippen LogP contribution in [-0.2, 0) is 0 Å². The zero-order valence-electron chi connectivity index (χ0n) is 9.73. The lowest BCUT2D eigenvalue weighted by Gasteiger charge is -1.99. The minimum atomic E-state index is -0.632. The molecule has 0 saturated heterocycles. The third-order valence-electron chi connectivity index (χ3n) is 2.39. The molecular weight excluding hydrogens is 236 g/mol. The van der Waals surface area contributed by atoms with E-state index in [1.807, 2.05) is 0 Å². The average Bonchev–Trinajstić information content (AvgIpc) is 2.38. The van der Waals surface area contributed by atoms with Crippen LogP contribution in [0.5, 0.6) is 5.75 Å². The van der Waals surface area contributed by atoms with E-state index in [9.17, 15) is 8.78 Å². The molecule has 2 rings (SSSR count). The molecule has 92 valence electrons. The van der Waals surface area contributed by atoms with Crippen molar-refractivity contribution in [3.05, 3.63) is 59.7 Å². The zero-order chi connectivity index (χ0) is 13.0.